The minimum Gasteiger partial charge on any atom is -0.478 e. The van der Waals surface area contributed by atoms with Gasteiger partial charge in [0.15, 0.2) is 0 Å². The van der Waals surface area contributed by atoms with E-state index in [1.807, 2.05) is 60.7 Å². The molecule has 0 aliphatic carbocycles. The first-order valence-corrected chi connectivity index (χ1v) is 23.4. The normalized spacial score (nSPS) is 11.9. The quantitative estimate of drug-likeness (QED) is 0.161. The molecule has 9 heteroatoms. The van der Waals surface area contributed by atoms with Crippen LogP contribution in [0.1, 0.15) is 20.7 Å². The van der Waals surface area contributed by atoms with E-state index in [1.54, 1.807) is 58.3 Å². The summed E-state index contributed by atoms with van der Waals surface area (Å²) in [5, 5.41) is 28.9. The highest BCUT2D eigenvalue weighted by atomic mass is 32.1. The van der Waals surface area contributed by atoms with Crippen LogP contribution in [0.25, 0.3) is 127 Å². The highest BCUT2D eigenvalue weighted by Crippen LogP contribution is 2.51. The van der Waals surface area contributed by atoms with Crippen molar-refractivity contribution < 1.29 is 19.8 Å². The second-order valence-corrected chi connectivity index (χ2v) is 19.3. The van der Waals surface area contributed by atoms with Crippen LogP contribution in [0.5, 0.6) is 0 Å². The molecule has 2 N–H and O–H groups in total. The molecule has 0 atom stereocenters. The Kier molecular flexibility index (Phi) is 8.33. The Labute approximate surface area is 381 Å². The number of carboxylic acids is 2. The van der Waals surface area contributed by atoms with Crippen molar-refractivity contribution in [3.63, 3.8) is 0 Å². The zero-order chi connectivity index (χ0) is 43.5. The van der Waals surface area contributed by atoms with Gasteiger partial charge in [-0.2, -0.15) is 0 Å². The third-order valence-corrected chi connectivity index (χ3v) is 16.3. The highest BCUT2D eigenvalue weighted by molar-refractivity contribution is 7.28. The van der Waals surface area contributed by atoms with E-state index < -0.39 is 11.9 Å². The van der Waals surface area contributed by atoms with Crippen molar-refractivity contribution in [2.45, 2.75) is 0 Å². The van der Waals surface area contributed by atoms with Crippen LogP contribution in [0.2, 0.25) is 0 Å². The van der Waals surface area contributed by atoms with Gasteiger partial charge in [0.1, 0.15) is 11.0 Å². The van der Waals surface area contributed by atoms with Crippen molar-refractivity contribution in [1.82, 2.24) is 9.97 Å². The summed E-state index contributed by atoms with van der Waals surface area (Å²) in [4.78, 5) is 38.6. The first kappa shape index (κ1) is 37.7. The molecule has 0 aliphatic heterocycles. The smallest absolute Gasteiger partial charge is 0.336 e. The molecule has 0 saturated carbocycles. The maximum Gasteiger partial charge on any atom is 0.336 e. The summed E-state index contributed by atoms with van der Waals surface area (Å²) in [6.07, 6.45) is 0. The summed E-state index contributed by atoms with van der Waals surface area (Å²) >= 11 is 5.29. The van der Waals surface area contributed by atoms with Gasteiger partial charge in [-0.15, -0.1) is 34.0 Å². The summed E-state index contributed by atoms with van der Waals surface area (Å²) in [6, 6.07) is 56.4. The Morgan fingerprint density at radius 3 is 1.22 bits per heavy atom. The topological polar surface area (TPSA) is 100 Å². The first-order valence-electron chi connectivity index (χ1n) is 21.0. The number of aromatic carboxylic acids is 2. The second-order valence-electron chi connectivity index (χ2n) is 16.2. The van der Waals surface area contributed by atoms with Gasteiger partial charge in [-0.1, -0.05) is 133 Å². The predicted octanol–water partition coefficient (Wildman–Crippen LogP) is 16.0. The molecule has 13 aromatic rings. The fourth-order valence-corrected chi connectivity index (χ4v) is 13.5. The molecule has 0 fully saturated rings. The fourth-order valence-electron chi connectivity index (χ4n) is 9.67. The number of fused-ring (bicyclic) bond motifs is 13. The van der Waals surface area contributed by atoms with E-state index >= 15 is 0 Å². The molecule has 65 heavy (non-hydrogen) atoms. The maximum absolute atomic E-state index is 12.5. The average Bonchev–Trinajstić information content (AvgIpc) is 4.05. The van der Waals surface area contributed by atoms with Crippen molar-refractivity contribution >= 4 is 130 Å². The minimum absolute atomic E-state index is 0.212. The van der Waals surface area contributed by atoms with E-state index in [1.165, 1.54) is 40.3 Å². The van der Waals surface area contributed by atoms with E-state index in [4.69, 9.17) is 9.97 Å². The van der Waals surface area contributed by atoms with Gasteiger partial charge in [-0.05, 0) is 69.4 Å². The number of nitrogens with zero attached hydrogens (tertiary/aromatic N) is 2. The maximum atomic E-state index is 12.5. The van der Waals surface area contributed by atoms with E-state index in [0.717, 1.165) is 64.6 Å². The van der Waals surface area contributed by atoms with E-state index in [-0.39, 0.29) is 11.1 Å². The lowest BCUT2D eigenvalue weighted by Crippen LogP contribution is -1.99. The molecule has 0 spiro atoms. The largest absolute Gasteiger partial charge is 0.478 e. The molecule has 4 heterocycles. The van der Waals surface area contributed by atoms with Gasteiger partial charge < -0.3 is 10.2 Å². The van der Waals surface area contributed by atoms with Gasteiger partial charge in [-0.3, -0.25) is 0 Å². The summed E-state index contributed by atoms with van der Waals surface area (Å²) in [5.41, 5.74) is 8.24. The molecular formula is C56H30N2O4S3. The van der Waals surface area contributed by atoms with Gasteiger partial charge in [-0.25, -0.2) is 19.6 Å². The van der Waals surface area contributed by atoms with Crippen LogP contribution in [0.3, 0.4) is 0 Å². The Bertz CT molecular complexity index is 3950. The van der Waals surface area contributed by atoms with E-state index in [9.17, 15) is 19.8 Å². The van der Waals surface area contributed by atoms with Gasteiger partial charge in [0.25, 0.3) is 0 Å². The Balaban J connectivity index is 1.19. The van der Waals surface area contributed by atoms with Gasteiger partial charge in [0.2, 0.25) is 0 Å². The van der Waals surface area contributed by atoms with Crippen LogP contribution in [0, 0.1) is 0 Å². The summed E-state index contributed by atoms with van der Waals surface area (Å²) in [6.45, 7) is 0. The molecule has 0 radical (unpaired) electrons. The van der Waals surface area contributed by atoms with Crippen LogP contribution >= 0.6 is 34.0 Å². The first-order chi connectivity index (χ1) is 31.9. The van der Waals surface area contributed by atoms with Crippen molar-refractivity contribution in [1.29, 1.82) is 0 Å². The molecule has 6 nitrogen and oxygen atoms in total. The molecule has 0 saturated heterocycles. The summed E-state index contributed by atoms with van der Waals surface area (Å²) < 4.78 is 4.80. The zero-order valence-corrected chi connectivity index (χ0v) is 36.4. The summed E-state index contributed by atoms with van der Waals surface area (Å²) in [7, 11) is 0. The average molecular weight is 891 g/mol. The third kappa shape index (κ3) is 5.69. The van der Waals surface area contributed by atoms with E-state index in [2.05, 4.69) is 84.9 Å². The summed E-state index contributed by atoms with van der Waals surface area (Å²) in [5.74, 6) is -2.00. The number of rotatable bonds is 6. The number of aromatic nitrogens is 2. The predicted molar refractivity (Wildman–Crippen MR) is 271 cm³/mol. The van der Waals surface area contributed by atoms with Gasteiger partial charge in [0.05, 0.1) is 31.9 Å². The Hall–Kier alpha value is -7.82. The van der Waals surface area contributed by atoms with Crippen molar-refractivity contribution in [2.75, 3.05) is 0 Å². The molecule has 9 aromatic carbocycles. The lowest BCUT2D eigenvalue weighted by atomic mass is 9.91. The van der Waals surface area contributed by atoms with Crippen LogP contribution in [0.4, 0.5) is 0 Å². The standard InChI is InChI=1S/C56H30N2O4S3/c59-55(60)39-15-3-1-11-31(39)29-23-25-33-34-26-24-30(32-12-2-4-16-40(32)56(61)62)28-44(34)48-47(43(33)27-29)57-49-50(58-48)54(42-20-10-18-38-36-14-6-8-22-46(36)64-52(38)42)65-53(49)41-19-9-17-37-35-13-5-7-21-45(35)63-51(37)41/h1-28H,(H,59,60)(H,61,62). The monoisotopic (exact) mass is 890 g/mol. The molecule has 13 rings (SSSR count). The van der Waals surface area contributed by atoms with E-state index in [0.29, 0.717) is 22.2 Å². The SMILES string of the molecule is O=C(O)c1ccccc1-c1ccc2c3ccc(-c4ccccc4C(=O)O)cc3c3nc4c(-c5cccc6c5sc5ccccc56)sc(-c5cccc6c5sc5ccccc56)c4nc3c2c1. The lowest BCUT2D eigenvalue weighted by Gasteiger charge is -2.14. The number of thiophene rings is 3. The van der Waals surface area contributed by atoms with Crippen molar-refractivity contribution in [3.05, 3.63) is 181 Å². The van der Waals surface area contributed by atoms with Gasteiger partial charge >= 0.3 is 11.9 Å². The zero-order valence-electron chi connectivity index (χ0n) is 34.0. The second kappa shape index (κ2) is 14.4. The van der Waals surface area contributed by atoms with Crippen LogP contribution < -0.4 is 0 Å². The molecule has 0 unspecified atom stereocenters. The number of carboxylic acid groups (broad SMARTS) is 2. The lowest BCUT2D eigenvalue weighted by molar-refractivity contribution is 0.0687. The van der Waals surface area contributed by atoms with Gasteiger partial charge in [0, 0.05) is 62.2 Å². The molecule has 0 amide bonds. The Morgan fingerprint density at radius 2 is 0.754 bits per heavy atom. The number of benzene rings is 9. The number of carbonyl (C=O) groups is 2. The highest BCUT2D eigenvalue weighted by Gasteiger charge is 2.25. The molecule has 306 valence electrons. The number of hydrogen-bond donors (Lipinski definition) is 2. The van der Waals surface area contributed by atoms with Crippen LogP contribution in [-0.2, 0) is 0 Å². The van der Waals surface area contributed by atoms with Crippen LogP contribution in [-0.4, -0.2) is 32.1 Å². The Morgan fingerprint density at radius 1 is 0.354 bits per heavy atom. The molecule has 4 aromatic heterocycles. The fraction of sp³-hybridized carbons (Fsp3) is 0. The molecular weight excluding hydrogens is 861 g/mol. The van der Waals surface area contributed by atoms with Crippen LogP contribution in [0.15, 0.2) is 170 Å². The minimum atomic E-state index is -1.00. The van der Waals surface area contributed by atoms with Crippen molar-refractivity contribution in [3.8, 4) is 43.1 Å². The molecule has 0 bridgehead atoms. The molecule has 0 aliphatic rings. The van der Waals surface area contributed by atoms with Crippen molar-refractivity contribution in [2.24, 2.45) is 0 Å². The number of hydrogen-bond acceptors (Lipinski definition) is 7. The third-order valence-electron chi connectivity index (χ3n) is 12.6.